The third-order valence-corrected chi connectivity index (χ3v) is 2.99. The third kappa shape index (κ3) is 2.88. The highest BCUT2D eigenvalue weighted by Gasteiger charge is 2.14. The molecule has 0 amide bonds. The van der Waals surface area contributed by atoms with Crippen LogP contribution in [0.3, 0.4) is 0 Å². The molecule has 0 spiro atoms. The number of carboxylic acids is 1. The smallest absolute Gasteiger partial charge is 0.337 e. The van der Waals surface area contributed by atoms with Gasteiger partial charge >= 0.3 is 5.97 Å². The highest BCUT2D eigenvalue weighted by Crippen LogP contribution is 2.28. The Morgan fingerprint density at radius 1 is 1.25 bits per heavy atom. The van der Waals surface area contributed by atoms with E-state index in [0.29, 0.717) is 11.3 Å². The van der Waals surface area contributed by atoms with Crippen molar-refractivity contribution in [2.24, 2.45) is 0 Å². The van der Waals surface area contributed by atoms with Gasteiger partial charge in [-0.05, 0) is 25.1 Å². The third-order valence-electron chi connectivity index (χ3n) is 2.99. The molecular formula is C15H14FNO3. The lowest BCUT2D eigenvalue weighted by Gasteiger charge is -2.18. The summed E-state index contributed by atoms with van der Waals surface area (Å²) in [7, 11) is 0. The second-order valence-corrected chi connectivity index (χ2v) is 4.42. The molecule has 20 heavy (non-hydrogen) atoms. The fourth-order valence-electron chi connectivity index (χ4n) is 1.99. The van der Waals surface area contributed by atoms with E-state index in [4.69, 9.17) is 5.11 Å². The van der Waals surface area contributed by atoms with Crippen LogP contribution in [-0.2, 0) is 0 Å². The molecule has 0 fully saturated rings. The summed E-state index contributed by atoms with van der Waals surface area (Å²) in [5.74, 6) is -1.73. The zero-order valence-electron chi connectivity index (χ0n) is 10.8. The molecule has 0 radical (unpaired) electrons. The molecule has 2 aromatic rings. The van der Waals surface area contributed by atoms with Gasteiger partial charge in [-0.15, -0.1) is 0 Å². The number of anilines is 1. The zero-order valence-corrected chi connectivity index (χ0v) is 10.8. The Morgan fingerprint density at radius 2 is 1.95 bits per heavy atom. The number of phenolic OH excluding ortho intramolecular Hbond substituents is 1. The van der Waals surface area contributed by atoms with Crippen LogP contribution < -0.4 is 5.32 Å². The molecule has 0 aliphatic heterocycles. The van der Waals surface area contributed by atoms with Crippen LogP contribution in [0.15, 0.2) is 42.5 Å². The van der Waals surface area contributed by atoms with Crippen LogP contribution in [0, 0.1) is 5.82 Å². The molecule has 1 unspecified atom stereocenters. The standard InChI is InChI=1S/C15H14FNO3/c1-9(11-7-6-10(16)8-14(11)18)17-13-5-3-2-4-12(13)15(19)20/h2-9,17-18H,1H3,(H,19,20). The minimum absolute atomic E-state index is 0.140. The average molecular weight is 275 g/mol. The van der Waals surface area contributed by atoms with E-state index in [1.54, 1.807) is 25.1 Å². The van der Waals surface area contributed by atoms with E-state index in [1.165, 1.54) is 18.2 Å². The number of benzene rings is 2. The van der Waals surface area contributed by atoms with Gasteiger partial charge in [-0.1, -0.05) is 18.2 Å². The van der Waals surface area contributed by atoms with Crippen molar-refractivity contribution >= 4 is 11.7 Å². The lowest BCUT2D eigenvalue weighted by molar-refractivity contribution is 0.0698. The lowest BCUT2D eigenvalue weighted by atomic mass is 10.1. The molecule has 0 saturated carbocycles. The maximum Gasteiger partial charge on any atom is 0.337 e. The summed E-state index contributed by atoms with van der Waals surface area (Å²) in [6.45, 7) is 1.76. The minimum atomic E-state index is -1.04. The van der Waals surface area contributed by atoms with Crippen LogP contribution >= 0.6 is 0 Å². The van der Waals surface area contributed by atoms with Gasteiger partial charge in [0.2, 0.25) is 0 Å². The monoisotopic (exact) mass is 275 g/mol. The van der Waals surface area contributed by atoms with Gasteiger partial charge in [0.15, 0.2) is 0 Å². The first-order valence-corrected chi connectivity index (χ1v) is 6.06. The summed E-state index contributed by atoms with van der Waals surface area (Å²) < 4.78 is 12.9. The van der Waals surface area contributed by atoms with Gasteiger partial charge in [0.1, 0.15) is 11.6 Å². The number of hydrogen-bond donors (Lipinski definition) is 3. The zero-order chi connectivity index (χ0) is 14.7. The van der Waals surface area contributed by atoms with E-state index in [1.807, 2.05) is 0 Å². The summed E-state index contributed by atoms with van der Waals surface area (Å²) in [6.07, 6.45) is 0. The van der Waals surface area contributed by atoms with Crippen molar-refractivity contribution in [3.63, 3.8) is 0 Å². The van der Waals surface area contributed by atoms with Gasteiger partial charge in [-0.25, -0.2) is 9.18 Å². The van der Waals surface area contributed by atoms with Crippen molar-refractivity contribution in [2.45, 2.75) is 13.0 Å². The molecule has 0 aromatic heterocycles. The van der Waals surface area contributed by atoms with Gasteiger partial charge in [-0.3, -0.25) is 0 Å². The second-order valence-electron chi connectivity index (χ2n) is 4.42. The van der Waals surface area contributed by atoms with Crippen LogP contribution in [0.1, 0.15) is 28.9 Å². The van der Waals surface area contributed by atoms with E-state index >= 15 is 0 Å². The second kappa shape index (κ2) is 5.61. The Morgan fingerprint density at radius 3 is 2.60 bits per heavy atom. The number of aromatic hydroxyl groups is 1. The Hall–Kier alpha value is -2.56. The number of para-hydroxylation sites is 1. The number of aromatic carboxylic acids is 1. The number of rotatable bonds is 4. The summed E-state index contributed by atoms with van der Waals surface area (Å²) in [6, 6.07) is 9.85. The van der Waals surface area contributed by atoms with E-state index < -0.39 is 11.8 Å². The predicted molar refractivity (Wildman–Crippen MR) is 73.5 cm³/mol. The molecule has 0 aliphatic carbocycles. The SMILES string of the molecule is CC(Nc1ccccc1C(=O)O)c1ccc(F)cc1O. The van der Waals surface area contributed by atoms with E-state index in [9.17, 15) is 14.3 Å². The van der Waals surface area contributed by atoms with Crippen molar-refractivity contribution in [3.05, 3.63) is 59.4 Å². The highest BCUT2D eigenvalue weighted by atomic mass is 19.1. The topological polar surface area (TPSA) is 69.6 Å². The largest absolute Gasteiger partial charge is 0.507 e. The van der Waals surface area contributed by atoms with Crippen molar-refractivity contribution in [3.8, 4) is 5.75 Å². The Balaban J connectivity index is 2.28. The maximum atomic E-state index is 12.9. The van der Waals surface area contributed by atoms with Gasteiger partial charge in [-0.2, -0.15) is 0 Å². The normalized spacial score (nSPS) is 11.9. The molecule has 5 heteroatoms. The van der Waals surface area contributed by atoms with Crippen molar-refractivity contribution in [1.82, 2.24) is 0 Å². The first-order chi connectivity index (χ1) is 9.49. The first-order valence-electron chi connectivity index (χ1n) is 6.06. The van der Waals surface area contributed by atoms with Gasteiger partial charge in [0, 0.05) is 17.3 Å². The minimum Gasteiger partial charge on any atom is -0.507 e. The number of carboxylic acid groups (broad SMARTS) is 1. The Labute approximate surface area is 115 Å². The van der Waals surface area contributed by atoms with Crippen LogP contribution in [0.5, 0.6) is 5.75 Å². The fourth-order valence-corrected chi connectivity index (χ4v) is 1.99. The van der Waals surface area contributed by atoms with Gasteiger partial charge < -0.3 is 15.5 Å². The molecular weight excluding hydrogens is 261 g/mol. The summed E-state index contributed by atoms with van der Waals surface area (Å²) in [4.78, 5) is 11.1. The molecule has 0 saturated heterocycles. The van der Waals surface area contributed by atoms with Crippen LogP contribution in [0.2, 0.25) is 0 Å². The summed E-state index contributed by atoms with van der Waals surface area (Å²) in [5.41, 5.74) is 1.07. The van der Waals surface area contributed by atoms with Gasteiger partial charge in [0.25, 0.3) is 0 Å². The molecule has 104 valence electrons. The molecule has 2 aromatic carbocycles. The number of phenols is 1. The Bertz CT molecular complexity index is 643. The fraction of sp³-hybridized carbons (Fsp3) is 0.133. The molecule has 2 rings (SSSR count). The number of hydrogen-bond acceptors (Lipinski definition) is 3. The lowest BCUT2D eigenvalue weighted by Crippen LogP contribution is -2.10. The van der Waals surface area contributed by atoms with Gasteiger partial charge in [0.05, 0.1) is 11.6 Å². The average Bonchev–Trinajstić information content (AvgIpc) is 2.38. The van der Waals surface area contributed by atoms with Crippen molar-refractivity contribution < 1.29 is 19.4 Å². The van der Waals surface area contributed by atoms with E-state index in [0.717, 1.165) is 6.07 Å². The molecule has 0 heterocycles. The van der Waals surface area contributed by atoms with Crippen LogP contribution in [0.4, 0.5) is 10.1 Å². The summed E-state index contributed by atoms with van der Waals surface area (Å²) >= 11 is 0. The molecule has 1 atom stereocenters. The van der Waals surface area contributed by atoms with E-state index in [-0.39, 0.29) is 17.4 Å². The molecule has 0 aliphatic rings. The van der Waals surface area contributed by atoms with Crippen LogP contribution in [0.25, 0.3) is 0 Å². The molecule has 4 nitrogen and oxygen atoms in total. The summed E-state index contributed by atoms with van der Waals surface area (Å²) in [5, 5.41) is 21.8. The number of nitrogens with one attached hydrogen (secondary N) is 1. The quantitative estimate of drug-likeness (QED) is 0.799. The first kappa shape index (κ1) is 13.9. The highest BCUT2D eigenvalue weighted by molar-refractivity contribution is 5.94. The molecule has 3 N–H and O–H groups in total. The maximum absolute atomic E-state index is 12.9. The molecule has 0 bridgehead atoms. The number of carbonyl (C=O) groups is 1. The number of halogens is 1. The Kier molecular flexibility index (Phi) is 3.89. The van der Waals surface area contributed by atoms with Crippen molar-refractivity contribution in [1.29, 1.82) is 0 Å². The van der Waals surface area contributed by atoms with Crippen molar-refractivity contribution in [2.75, 3.05) is 5.32 Å². The van der Waals surface area contributed by atoms with Crippen LogP contribution in [-0.4, -0.2) is 16.2 Å². The van der Waals surface area contributed by atoms with E-state index in [2.05, 4.69) is 5.32 Å². The predicted octanol–water partition coefficient (Wildman–Crippen LogP) is 3.40.